The van der Waals surface area contributed by atoms with Crippen molar-refractivity contribution in [3.8, 4) is 5.75 Å². The maximum Gasteiger partial charge on any atom is 0.211 e. The molecule has 1 aromatic rings. The SMILES string of the molecule is Cc1ccc(OCC(C)NS(=O)(=O)CCCCCl)cc1. The zero-order valence-corrected chi connectivity index (χ0v) is 13.5. The Balaban J connectivity index is 2.35. The van der Waals surface area contributed by atoms with Crippen LogP contribution in [0.2, 0.25) is 0 Å². The number of rotatable bonds is 9. The molecular weight excluding hydrogens is 298 g/mol. The van der Waals surface area contributed by atoms with Gasteiger partial charge in [-0.3, -0.25) is 0 Å². The maximum atomic E-state index is 11.8. The summed E-state index contributed by atoms with van der Waals surface area (Å²) in [6.07, 6.45) is 1.28. The molecule has 0 radical (unpaired) electrons. The summed E-state index contributed by atoms with van der Waals surface area (Å²) in [5.41, 5.74) is 1.16. The summed E-state index contributed by atoms with van der Waals surface area (Å²) in [7, 11) is -3.25. The van der Waals surface area contributed by atoms with Crippen LogP contribution in [0.25, 0.3) is 0 Å². The van der Waals surface area contributed by atoms with Crippen molar-refractivity contribution < 1.29 is 13.2 Å². The Morgan fingerprint density at radius 1 is 1.25 bits per heavy atom. The smallest absolute Gasteiger partial charge is 0.211 e. The molecule has 0 aromatic heterocycles. The fraction of sp³-hybridized carbons (Fsp3) is 0.571. The highest BCUT2D eigenvalue weighted by molar-refractivity contribution is 7.89. The molecule has 114 valence electrons. The summed E-state index contributed by atoms with van der Waals surface area (Å²) in [5, 5.41) is 0. The van der Waals surface area contributed by atoms with Gasteiger partial charge in [0.05, 0.1) is 11.8 Å². The average molecular weight is 320 g/mol. The molecule has 6 heteroatoms. The number of halogens is 1. The van der Waals surface area contributed by atoms with Crippen molar-refractivity contribution in [3.05, 3.63) is 29.8 Å². The van der Waals surface area contributed by atoms with E-state index in [1.807, 2.05) is 31.2 Å². The van der Waals surface area contributed by atoms with E-state index in [-0.39, 0.29) is 11.8 Å². The summed E-state index contributed by atoms with van der Waals surface area (Å²) >= 11 is 5.53. The van der Waals surface area contributed by atoms with E-state index in [9.17, 15) is 8.42 Å². The fourth-order valence-corrected chi connectivity index (χ4v) is 3.21. The van der Waals surface area contributed by atoms with Gasteiger partial charge < -0.3 is 4.74 Å². The first-order valence-corrected chi connectivity index (χ1v) is 8.87. The van der Waals surface area contributed by atoms with E-state index in [2.05, 4.69) is 4.72 Å². The molecule has 1 unspecified atom stereocenters. The number of ether oxygens (including phenoxy) is 1. The lowest BCUT2D eigenvalue weighted by Gasteiger charge is -2.15. The number of benzene rings is 1. The van der Waals surface area contributed by atoms with Crippen LogP contribution in [0.5, 0.6) is 5.75 Å². The van der Waals surface area contributed by atoms with Crippen LogP contribution in [0.1, 0.15) is 25.3 Å². The van der Waals surface area contributed by atoms with Crippen LogP contribution in [0.4, 0.5) is 0 Å². The number of alkyl halides is 1. The van der Waals surface area contributed by atoms with E-state index >= 15 is 0 Å². The lowest BCUT2D eigenvalue weighted by molar-refractivity contribution is 0.287. The summed E-state index contributed by atoms with van der Waals surface area (Å²) in [4.78, 5) is 0. The first-order chi connectivity index (χ1) is 9.43. The minimum atomic E-state index is -3.25. The second kappa shape index (κ2) is 8.49. The third-order valence-electron chi connectivity index (χ3n) is 2.70. The Labute approximate surface area is 126 Å². The fourth-order valence-electron chi connectivity index (χ4n) is 1.64. The number of sulfonamides is 1. The molecule has 0 heterocycles. The quantitative estimate of drug-likeness (QED) is 0.562. The van der Waals surface area contributed by atoms with Crippen molar-refractivity contribution in [2.45, 2.75) is 32.7 Å². The molecule has 0 aliphatic rings. The van der Waals surface area contributed by atoms with E-state index in [0.29, 0.717) is 25.3 Å². The van der Waals surface area contributed by atoms with Gasteiger partial charge in [0, 0.05) is 5.88 Å². The molecule has 0 aliphatic carbocycles. The summed E-state index contributed by atoms with van der Waals surface area (Å²) in [6, 6.07) is 7.39. The van der Waals surface area contributed by atoms with Crippen LogP contribution in [0.3, 0.4) is 0 Å². The van der Waals surface area contributed by atoms with Crippen molar-refractivity contribution in [1.29, 1.82) is 0 Å². The van der Waals surface area contributed by atoms with Crippen LogP contribution in [0, 0.1) is 6.92 Å². The molecule has 1 rings (SSSR count). The van der Waals surface area contributed by atoms with Gasteiger partial charge in [-0.25, -0.2) is 13.1 Å². The zero-order valence-electron chi connectivity index (χ0n) is 11.9. The third kappa shape index (κ3) is 7.12. The Morgan fingerprint density at radius 3 is 2.50 bits per heavy atom. The predicted octanol–water partition coefficient (Wildman–Crippen LogP) is 2.70. The standard InChI is InChI=1S/C14H22ClNO3S/c1-12-5-7-14(8-6-12)19-11-13(2)16-20(17,18)10-4-3-9-15/h5-8,13,16H,3-4,9-11H2,1-2H3. The van der Waals surface area contributed by atoms with Gasteiger partial charge in [-0.15, -0.1) is 11.6 Å². The van der Waals surface area contributed by atoms with Gasteiger partial charge in [0.2, 0.25) is 10.0 Å². The normalized spacial score (nSPS) is 13.2. The van der Waals surface area contributed by atoms with Gasteiger partial charge in [-0.1, -0.05) is 17.7 Å². The van der Waals surface area contributed by atoms with Gasteiger partial charge in [0.25, 0.3) is 0 Å². The lowest BCUT2D eigenvalue weighted by atomic mass is 10.2. The number of aryl methyl sites for hydroxylation is 1. The molecule has 0 saturated heterocycles. The highest BCUT2D eigenvalue weighted by Gasteiger charge is 2.14. The van der Waals surface area contributed by atoms with Crippen LogP contribution >= 0.6 is 11.6 Å². The topological polar surface area (TPSA) is 55.4 Å². The molecule has 20 heavy (non-hydrogen) atoms. The number of unbranched alkanes of at least 4 members (excludes halogenated alkanes) is 1. The maximum absolute atomic E-state index is 11.8. The van der Waals surface area contributed by atoms with Crippen molar-refractivity contribution in [2.75, 3.05) is 18.2 Å². The van der Waals surface area contributed by atoms with Gasteiger partial charge in [-0.2, -0.15) is 0 Å². The van der Waals surface area contributed by atoms with E-state index in [0.717, 1.165) is 11.3 Å². The largest absolute Gasteiger partial charge is 0.492 e. The average Bonchev–Trinajstić information content (AvgIpc) is 2.37. The van der Waals surface area contributed by atoms with E-state index < -0.39 is 10.0 Å². The van der Waals surface area contributed by atoms with Crippen LogP contribution in [0.15, 0.2) is 24.3 Å². The van der Waals surface area contributed by atoms with Crippen LogP contribution < -0.4 is 9.46 Å². The van der Waals surface area contributed by atoms with Crippen molar-refractivity contribution in [3.63, 3.8) is 0 Å². The predicted molar refractivity (Wildman–Crippen MR) is 83.0 cm³/mol. The summed E-state index contributed by atoms with van der Waals surface area (Å²) in [5.74, 6) is 1.33. The van der Waals surface area contributed by atoms with Crippen molar-refractivity contribution >= 4 is 21.6 Å². The summed E-state index contributed by atoms with van der Waals surface area (Å²) < 4.78 is 31.7. The van der Waals surface area contributed by atoms with E-state index in [4.69, 9.17) is 16.3 Å². The first-order valence-electron chi connectivity index (χ1n) is 6.68. The summed E-state index contributed by atoms with van der Waals surface area (Å²) in [6.45, 7) is 4.09. The highest BCUT2D eigenvalue weighted by atomic mass is 35.5. The molecule has 1 N–H and O–H groups in total. The number of hydrogen-bond acceptors (Lipinski definition) is 3. The number of hydrogen-bond donors (Lipinski definition) is 1. The molecule has 0 amide bonds. The third-order valence-corrected chi connectivity index (χ3v) is 4.55. The molecular formula is C14H22ClNO3S. The van der Waals surface area contributed by atoms with Gasteiger partial charge in [0.15, 0.2) is 0 Å². The molecule has 0 bridgehead atoms. The highest BCUT2D eigenvalue weighted by Crippen LogP contribution is 2.11. The van der Waals surface area contributed by atoms with Gasteiger partial charge >= 0.3 is 0 Å². The molecule has 1 atom stereocenters. The van der Waals surface area contributed by atoms with Crippen LogP contribution in [-0.2, 0) is 10.0 Å². The van der Waals surface area contributed by atoms with Gasteiger partial charge in [-0.05, 0) is 38.8 Å². The van der Waals surface area contributed by atoms with Gasteiger partial charge in [0.1, 0.15) is 12.4 Å². The Kier molecular flexibility index (Phi) is 7.34. The minimum Gasteiger partial charge on any atom is -0.492 e. The van der Waals surface area contributed by atoms with E-state index in [1.54, 1.807) is 6.92 Å². The molecule has 0 aliphatic heterocycles. The Morgan fingerprint density at radius 2 is 1.90 bits per heavy atom. The molecule has 0 saturated carbocycles. The number of nitrogens with one attached hydrogen (secondary N) is 1. The molecule has 4 nitrogen and oxygen atoms in total. The second-order valence-corrected chi connectivity index (χ2v) is 7.11. The first kappa shape index (κ1) is 17.3. The minimum absolute atomic E-state index is 0.106. The monoisotopic (exact) mass is 319 g/mol. The Hall–Kier alpha value is -0.780. The Bertz CT molecular complexity index is 488. The molecule has 0 fully saturated rings. The van der Waals surface area contributed by atoms with Crippen molar-refractivity contribution in [1.82, 2.24) is 4.72 Å². The second-order valence-electron chi connectivity index (χ2n) is 4.86. The zero-order chi connectivity index (χ0) is 15.0. The van der Waals surface area contributed by atoms with Crippen molar-refractivity contribution in [2.24, 2.45) is 0 Å². The van der Waals surface area contributed by atoms with Crippen LogP contribution in [-0.4, -0.2) is 32.7 Å². The molecule has 1 aromatic carbocycles. The molecule has 0 spiro atoms. The van der Waals surface area contributed by atoms with E-state index in [1.165, 1.54) is 0 Å². The lowest BCUT2D eigenvalue weighted by Crippen LogP contribution is -2.38.